The summed E-state index contributed by atoms with van der Waals surface area (Å²) < 4.78 is 29.9. The molecule has 0 saturated heterocycles. The van der Waals surface area contributed by atoms with Crippen molar-refractivity contribution in [3.05, 3.63) is 71.9 Å². The van der Waals surface area contributed by atoms with E-state index in [9.17, 15) is 13.2 Å². The first-order chi connectivity index (χ1) is 15.3. The van der Waals surface area contributed by atoms with Crippen LogP contribution < -0.4 is 10.5 Å². The molecule has 0 bridgehead atoms. The maximum absolute atomic E-state index is 12.4. The van der Waals surface area contributed by atoms with Crippen molar-refractivity contribution in [3.63, 3.8) is 0 Å². The largest absolute Gasteiger partial charge is 0.461 e. The number of aromatic nitrogens is 3. The van der Waals surface area contributed by atoms with E-state index in [1.54, 1.807) is 22.8 Å². The van der Waals surface area contributed by atoms with Crippen LogP contribution in [0, 0.1) is 0 Å². The summed E-state index contributed by atoms with van der Waals surface area (Å²) in [7, 11) is -3.80. The highest BCUT2D eigenvalue weighted by Crippen LogP contribution is 2.31. The number of carbonyl (C=O) groups is 1. The Labute approximate surface area is 192 Å². The van der Waals surface area contributed by atoms with Gasteiger partial charge in [0.2, 0.25) is 21.8 Å². The van der Waals surface area contributed by atoms with E-state index < -0.39 is 10.0 Å². The van der Waals surface area contributed by atoms with Crippen molar-refractivity contribution in [1.29, 1.82) is 0 Å². The molecule has 0 spiro atoms. The molecule has 164 valence electrons. The van der Waals surface area contributed by atoms with Gasteiger partial charge in [-0.25, -0.2) is 13.6 Å². The number of nitrogens with two attached hydrogens (primary N) is 1. The number of anilines is 1. The second-order valence-corrected chi connectivity index (χ2v) is 9.39. The van der Waals surface area contributed by atoms with Gasteiger partial charge in [-0.15, -0.1) is 10.2 Å². The normalized spacial score (nSPS) is 11.4. The SMILES string of the molecule is NS(=O)(=O)c1ccc(NC(=O)CSc2nnc(-c3ccco3)n2-c2ccccc2Cl)cc1. The van der Waals surface area contributed by atoms with E-state index in [1.807, 2.05) is 18.2 Å². The van der Waals surface area contributed by atoms with Crippen molar-refractivity contribution >= 4 is 45.0 Å². The standard InChI is InChI=1S/C20H16ClN5O4S2/c21-15-4-1-2-5-16(15)26-19(17-6-3-11-30-17)24-25-20(26)31-12-18(27)23-13-7-9-14(10-8-13)32(22,28)29/h1-11H,12H2,(H,23,27)(H2,22,28,29). The minimum Gasteiger partial charge on any atom is -0.461 e. The van der Waals surface area contributed by atoms with Crippen molar-refractivity contribution in [1.82, 2.24) is 14.8 Å². The lowest BCUT2D eigenvalue weighted by atomic mass is 10.3. The van der Waals surface area contributed by atoms with Crippen LogP contribution in [0.15, 0.2) is 81.4 Å². The second kappa shape index (κ2) is 9.17. The highest BCUT2D eigenvalue weighted by molar-refractivity contribution is 7.99. The molecule has 0 aliphatic carbocycles. The van der Waals surface area contributed by atoms with Gasteiger partial charge in [-0.1, -0.05) is 35.5 Å². The number of hydrogen-bond donors (Lipinski definition) is 2. The predicted octanol–water partition coefficient (Wildman–Crippen LogP) is 3.56. The van der Waals surface area contributed by atoms with Gasteiger partial charge in [0.15, 0.2) is 10.9 Å². The molecule has 32 heavy (non-hydrogen) atoms. The molecule has 0 atom stereocenters. The molecule has 1 amide bonds. The number of halogens is 1. The van der Waals surface area contributed by atoms with E-state index in [0.717, 1.165) is 11.8 Å². The molecule has 2 aromatic carbocycles. The third-order valence-corrected chi connectivity index (χ3v) is 6.45. The fraction of sp³-hybridized carbons (Fsp3) is 0.0500. The number of sulfonamides is 1. The van der Waals surface area contributed by atoms with Crippen molar-refractivity contribution in [2.45, 2.75) is 10.1 Å². The minimum absolute atomic E-state index is 0.0255. The third kappa shape index (κ3) is 4.86. The van der Waals surface area contributed by atoms with Crippen LogP contribution in [0.3, 0.4) is 0 Å². The van der Waals surface area contributed by atoms with Crippen LogP contribution in [0.5, 0.6) is 0 Å². The maximum Gasteiger partial charge on any atom is 0.238 e. The Morgan fingerprint density at radius 3 is 2.50 bits per heavy atom. The van der Waals surface area contributed by atoms with Gasteiger partial charge in [0.1, 0.15) is 0 Å². The van der Waals surface area contributed by atoms with Crippen LogP contribution in [-0.2, 0) is 14.8 Å². The van der Waals surface area contributed by atoms with E-state index in [1.165, 1.54) is 30.5 Å². The van der Waals surface area contributed by atoms with Crippen LogP contribution in [0.1, 0.15) is 0 Å². The quantitative estimate of drug-likeness (QED) is 0.379. The highest BCUT2D eigenvalue weighted by Gasteiger charge is 2.20. The summed E-state index contributed by atoms with van der Waals surface area (Å²) in [5.74, 6) is 0.664. The molecular weight excluding hydrogens is 474 g/mol. The summed E-state index contributed by atoms with van der Waals surface area (Å²) in [6.45, 7) is 0. The van der Waals surface area contributed by atoms with Gasteiger partial charge in [0.05, 0.1) is 27.6 Å². The molecule has 4 aromatic rings. The lowest BCUT2D eigenvalue weighted by Gasteiger charge is -2.11. The number of carbonyl (C=O) groups excluding carboxylic acids is 1. The van der Waals surface area contributed by atoms with Crippen molar-refractivity contribution in [2.75, 3.05) is 11.1 Å². The number of amides is 1. The smallest absolute Gasteiger partial charge is 0.238 e. The van der Waals surface area contributed by atoms with Crippen molar-refractivity contribution in [2.24, 2.45) is 5.14 Å². The number of hydrogen-bond acceptors (Lipinski definition) is 7. The Morgan fingerprint density at radius 2 is 1.84 bits per heavy atom. The lowest BCUT2D eigenvalue weighted by molar-refractivity contribution is -0.113. The van der Waals surface area contributed by atoms with E-state index in [-0.39, 0.29) is 16.6 Å². The summed E-state index contributed by atoms with van der Waals surface area (Å²) in [5, 5.41) is 17.1. The molecular formula is C20H16ClN5O4S2. The molecule has 2 heterocycles. The zero-order valence-electron chi connectivity index (χ0n) is 16.3. The van der Waals surface area contributed by atoms with E-state index in [4.69, 9.17) is 21.2 Å². The molecule has 12 heteroatoms. The van der Waals surface area contributed by atoms with Gasteiger partial charge in [-0.2, -0.15) is 0 Å². The molecule has 0 saturated carbocycles. The van der Waals surface area contributed by atoms with Gasteiger partial charge >= 0.3 is 0 Å². The molecule has 0 unspecified atom stereocenters. The molecule has 2 aromatic heterocycles. The van der Waals surface area contributed by atoms with Crippen LogP contribution >= 0.6 is 23.4 Å². The molecule has 9 nitrogen and oxygen atoms in total. The van der Waals surface area contributed by atoms with Gasteiger partial charge in [0, 0.05) is 5.69 Å². The number of furan rings is 1. The number of benzene rings is 2. The number of nitrogens with zero attached hydrogens (tertiary/aromatic N) is 3. The molecule has 0 fully saturated rings. The summed E-state index contributed by atoms with van der Waals surface area (Å²) in [5.41, 5.74) is 1.08. The second-order valence-electron chi connectivity index (χ2n) is 6.48. The van der Waals surface area contributed by atoms with Gasteiger partial charge < -0.3 is 9.73 Å². The summed E-state index contributed by atoms with van der Waals surface area (Å²) >= 11 is 7.55. The van der Waals surface area contributed by atoms with Crippen LogP contribution in [0.2, 0.25) is 5.02 Å². The number of thioether (sulfide) groups is 1. The Morgan fingerprint density at radius 1 is 1.09 bits per heavy atom. The molecule has 3 N–H and O–H groups in total. The monoisotopic (exact) mass is 489 g/mol. The Hall–Kier alpha value is -3.12. The minimum atomic E-state index is -3.80. The Bertz CT molecular complexity index is 1350. The van der Waals surface area contributed by atoms with Gasteiger partial charge in [0.25, 0.3) is 0 Å². The number of para-hydroxylation sites is 1. The summed E-state index contributed by atoms with van der Waals surface area (Å²) in [4.78, 5) is 12.4. The number of rotatable bonds is 7. The molecule has 0 aliphatic heterocycles. The van der Waals surface area contributed by atoms with E-state index in [2.05, 4.69) is 15.5 Å². The summed E-state index contributed by atoms with van der Waals surface area (Å²) in [6.07, 6.45) is 1.53. The Kier molecular flexibility index (Phi) is 6.33. The highest BCUT2D eigenvalue weighted by atomic mass is 35.5. The first-order valence-electron chi connectivity index (χ1n) is 9.12. The zero-order chi connectivity index (χ0) is 22.7. The fourth-order valence-electron chi connectivity index (χ4n) is 2.83. The average Bonchev–Trinajstić information content (AvgIpc) is 3.42. The Balaban J connectivity index is 1.53. The third-order valence-electron chi connectivity index (χ3n) is 4.27. The van der Waals surface area contributed by atoms with E-state index >= 15 is 0 Å². The fourth-order valence-corrected chi connectivity index (χ4v) is 4.31. The molecule has 0 aliphatic rings. The average molecular weight is 490 g/mol. The van der Waals surface area contributed by atoms with Crippen LogP contribution in [-0.4, -0.2) is 34.8 Å². The first kappa shape index (κ1) is 22.1. The summed E-state index contributed by atoms with van der Waals surface area (Å²) in [6, 6.07) is 16.3. The number of nitrogens with one attached hydrogen (secondary N) is 1. The lowest BCUT2D eigenvalue weighted by Crippen LogP contribution is -2.15. The first-order valence-corrected chi connectivity index (χ1v) is 12.0. The van der Waals surface area contributed by atoms with Gasteiger partial charge in [-0.05, 0) is 48.5 Å². The van der Waals surface area contributed by atoms with E-state index in [0.29, 0.717) is 33.1 Å². The van der Waals surface area contributed by atoms with Crippen molar-refractivity contribution < 1.29 is 17.6 Å². The molecule has 4 rings (SSSR count). The van der Waals surface area contributed by atoms with Crippen LogP contribution in [0.4, 0.5) is 5.69 Å². The topological polar surface area (TPSA) is 133 Å². The van der Waals surface area contributed by atoms with Crippen LogP contribution in [0.25, 0.3) is 17.3 Å². The molecule has 0 radical (unpaired) electrons. The number of primary sulfonamides is 1. The van der Waals surface area contributed by atoms with Crippen molar-refractivity contribution in [3.8, 4) is 17.3 Å². The predicted molar refractivity (Wildman–Crippen MR) is 121 cm³/mol. The maximum atomic E-state index is 12.4. The zero-order valence-corrected chi connectivity index (χ0v) is 18.7. The van der Waals surface area contributed by atoms with Gasteiger partial charge in [-0.3, -0.25) is 9.36 Å².